The Morgan fingerprint density at radius 1 is 0.800 bits per heavy atom. The maximum Gasteiger partial charge on any atom is 0.119 e. The van der Waals surface area contributed by atoms with Crippen LogP contribution in [0.1, 0.15) is 25.0 Å². The molecule has 0 atom stereocenters. The second-order valence-corrected chi connectivity index (χ2v) is 11.8. The number of benzene rings is 3. The lowest BCUT2D eigenvalue weighted by molar-refractivity contribution is 0.415. The SMILES string of the molecule is COc1ccc2cc(C(C)(C)Cc3ccsc3-c3ccc(-c4cccs4)c4nsnc34)ccc2c1. The summed E-state index contributed by atoms with van der Waals surface area (Å²) in [5.74, 6) is 0.889. The predicted molar refractivity (Wildman–Crippen MR) is 151 cm³/mol. The van der Waals surface area contributed by atoms with E-state index in [0.29, 0.717) is 0 Å². The number of ether oxygens (including phenoxy) is 1. The molecule has 0 saturated heterocycles. The maximum atomic E-state index is 5.39. The van der Waals surface area contributed by atoms with Gasteiger partial charge >= 0.3 is 0 Å². The normalized spacial score (nSPS) is 12.0. The van der Waals surface area contributed by atoms with E-state index in [1.165, 1.54) is 54.5 Å². The highest BCUT2D eigenvalue weighted by Crippen LogP contribution is 2.41. The fourth-order valence-corrected chi connectivity index (χ4v) is 7.02. The van der Waals surface area contributed by atoms with Crippen molar-refractivity contribution in [3.8, 4) is 26.6 Å². The van der Waals surface area contributed by atoms with Gasteiger partial charge in [0.15, 0.2) is 0 Å². The molecular formula is C29H24N2OS3. The highest BCUT2D eigenvalue weighted by atomic mass is 32.1. The zero-order chi connectivity index (χ0) is 24.0. The van der Waals surface area contributed by atoms with Gasteiger partial charge in [0, 0.05) is 20.9 Å². The second kappa shape index (κ2) is 8.86. The Morgan fingerprint density at radius 3 is 2.37 bits per heavy atom. The highest BCUT2D eigenvalue weighted by Gasteiger charge is 2.25. The van der Waals surface area contributed by atoms with Crippen LogP contribution < -0.4 is 4.74 Å². The lowest BCUT2D eigenvalue weighted by Gasteiger charge is -2.26. The minimum atomic E-state index is -0.0275. The summed E-state index contributed by atoms with van der Waals surface area (Å²) >= 11 is 4.83. The molecule has 0 fully saturated rings. The van der Waals surface area contributed by atoms with Crippen molar-refractivity contribution in [3.63, 3.8) is 0 Å². The van der Waals surface area contributed by atoms with E-state index < -0.39 is 0 Å². The summed E-state index contributed by atoms with van der Waals surface area (Å²) in [6, 6.07) is 24.0. The van der Waals surface area contributed by atoms with Crippen molar-refractivity contribution < 1.29 is 4.74 Å². The maximum absolute atomic E-state index is 5.39. The monoisotopic (exact) mass is 512 g/mol. The van der Waals surface area contributed by atoms with Crippen LogP contribution in [0.15, 0.2) is 77.5 Å². The summed E-state index contributed by atoms with van der Waals surface area (Å²) in [6.07, 6.45) is 0.944. The third-order valence-corrected chi connectivity index (χ3v) is 9.08. The molecule has 3 aromatic carbocycles. The molecule has 6 heteroatoms. The van der Waals surface area contributed by atoms with Crippen LogP contribution in [0.2, 0.25) is 0 Å². The summed E-state index contributed by atoms with van der Waals surface area (Å²) in [4.78, 5) is 2.52. The van der Waals surface area contributed by atoms with Crippen LogP contribution in [0.4, 0.5) is 0 Å². The first-order chi connectivity index (χ1) is 17.0. The lowest BCUT2D eigenvalue weighted by atomic mass is 9.78. The first-order valence-electron chi connectivity index (χ1n) is 11.5. The van der Waals surface area contributed by atoms with Crippen molar-refractivity contribution in [2.75, 3.05) is 7.11 Å². The van der Waals surface area contributed by atoms with Crippen LogP contribution in [0, 0.1) is 0 Å². The Morgan fingerprint density at radius 2 is 1.57 bits per heavy atom. The predicted octanol–water partition coefficient (Wildman–Crippen LogP) is 8.83. The summed E-state index contributed by atoms with van der Waals surface area (Å²) in [7, 11) is 1.71. The molecule has 0 bridgehead atoms. The fraction of sp³-hybridized carbons (Fsp3) is 0.172. The van der Waals surface area contributed by atoms with E-state index in [9.17, 15) is 0 Å². The number of fused-ring (bicyclic) bond motifs is 2. The Balaban J connectivity index is 1.37. The zero-order valence-electron chi connectivity index (χ0n) is 19.7. The van der Waals surface area contributed by atoms with Crippen LogP contribution >= 0.6 is 34.4 Å². The topological polar surface area (TPSA) is 35.0 Å². The van der Waals surface area contributed by atoms with E-state index in [0.717, 1.165) is 23.2 Å². The first-order valence-corrected chi connectivity index (χ1v) is 14.0. The van der Waals surface area contributed by atoms with E-state index in [-0.39, 0.29) is 5.41 Å². The third-order valence-electron chi connectivity index (χ3n) is 6.65. The Kier molecular flexibility index (Phi) is 5.67. The van der Waals surface area contributed by atoms with Gasteiger partial charge in [0.05, 0.1) is 18.8 Å². The molecule has 6 aromatic rings. The van der Waals surface area contributed by atoms with Gasteiger partial charge < -0.3 is 4.74 Å². The van der Waals surface area contributed by atoms with Gasteiger partial charge in [0.1, 0.15) is 16.8 Å². The molecule has 0 unspecified atom stereocenters. The molecular weight excluding hydrogens is 489 g/mol. The van der Waals surface area contributed by atoms with Gasteiger partial charge in [-0.15, -0.1) is 22.7 Å². The van der Waals surface area contributed by atoms with Crippen LogP contribution in [0.5, 0.6) is 5.75 Å². The molecule has 3 heterocycles. The van der Waals surface area contributed by atoms with Gasteiger partial charge in [0.25, 0.3) is 0 Å². The van der Waals surface area contributed by atoms with Crippen molar-refractivity contribution in [2.45, 2.75) is 25.7 Å². The zero-order valence-corrected chi connectivity index (χ0v) is 22.2. The number of aromatic nitrogens is 2. The molecule has 0 spiro atoms. The molecule has 0 aliphatic rings. The molecule has 0 aliphatic carbocycles. The van der Waals surface area contributed by atoms with E-state index >= 15 is 0 Å². The van der Waals surface area contributed by atoms with E-state index in [1.54, 1.807) is 29.8 Å². The Hall–Kier alpha value is -3.06. The van der Waals surface area contributed by atoms with Gasteiger partial charge in [-0.1, -0.05) is 56.3 Å². The average molecular weight is 513 g/mol. The first kappa shape index (κ1) is 22.4. The molecule has 3 aromatic heterocycles. The molecule has 6 rings (SSSR count). The number of thiophene rings is 2. The van der Waals surface area contributed by atoms with Crippen LogP contribution in [0.3, 0.4) is 0 Å². The van der Waals surface area contributed by atoms with Crippen molar-refractivity contribution >= 4 is 56.2 Å². The van der Waals surface area contributed by atoms with Crippen molar-refractivity contribution in [1.82, 2.24) is 8.75 Å². The van der Waals surface area contributed by atoms with Gasteiger partial charge in [-0.05, 0) is 68.8 Å². The van der Waals surface area contributed by atoms with E-state index in [2.05, 4.69) is 89.6 Å². The van der Waals surface area contributed by atoms with Crippen molar-refractivity contribution in [2.24, 2.45) is 0 Å². The smallest absolute Gasteiger partial charge is 0.119 e. The van der Waals surface area contributed by atoms with Crippen LogP contribution in [-0.4, -0.2) is 15.9 Å². The molecule has 35 heavy (non-hydrogen) atoms. The van der Waals surface area contributed by atoms with Crippen LogP contribution in [-0.2, 0) is 11.8 Å². The number of rotatable bonds is 6. The third kappa shape index (κ3) is 4.05. The number of nitrogens with zero attached hydrogens (tertiary/aromatic N) is 2. The van der Waals surface area contributed by atoms with Gasteiger partial charge in [0.2, 0.25) is 0 Å². The van der Waals surface area contributed by atoms with Gasteiger partial charge in [-0.25, -0.2) is 0 Å². The fourth-order valence-electron chi connectivity index (χ4n) is 4.74. The molecule has 0 N–H and O–H groups in total. The average Bonchev–Trinajstić information content (AvgIpc) is 3.65. The minimum Gasteiger partial charge on any atom is -0.497 e. The van der Waals surface area contributed by atoms with Crippen molar-refractivity contribution in [3.05, 3.63) is 88.6 Å². The molecule has 0 saturated carbocycles. The molecule has 174 valence electrons. The molecule has 3 nitrogen and oxygen atoms in total. The second-order valence-electron chi connectivity index (χ2n) is 9.36. The van der Waals surface area contributed by atoms with E-state index in [4.69, 9.17) is 9.11 Å². The standard InChI is InChI=1S/C29H24N2OS3/c1-29(2,21-8-6-19-16-22(32-3)9-7-18(19)15-21)17-20-12-14-34-28(20)24-11-10-23(25-5-4-13-33-25)26-27(24)31-35-30-26/h4-16H,17H2,1-3H3. The summed E-state index contributed by atoms with van der Waals surface area (Å²) in [6.45, 7) is 4.66. The number of hydrogen-bond donors (Lipinski definition) is 0. The summed E-state index contributed by atoms with van der Waals surface area (Å²) in [5.41, 5.74) is 7.01. The minimum absolute atomic E-state index is 0.0275. The van der Waals surface area contributed by atoms with Gasteiger partial charge in [-0.3, -0.25) is 0 Å². The molecule has 0 amide bonds. The Bertz CT molecular complexity index is 1640. The largest absolute Gasteiger partial charge is 0.497 e. The molecule has 0 radical (unpaired) electrons. The van der Waals surface area contributed by atoms with E-state index in [1.807, 2.05) is 6.07 Å². The molecule has 0 aliphatic heterocycles. The lowest BCUT2D eigenvalue weighted by Crippen LogP contribution is -2.20. The quantitative estimate of drug-likeness (QED) is 0.224. The summed E-state index contributed by atoms with van der Waals surface area (Å²) in [5, 5.41) is 6.75. The van der Waals surface area contributed by atoms with Gasteiger partial charge in [-0.2, -0.15) is 8.75 Å². The van der Waals surface area contributed by atoms with Crippen LogP contribution in [0.25, 0.3) is 42.7 Å². The summed E-state index contributed by atoms with van der Waals surface area (Å²) < 4.78 is 14.8. The number of methoxy groups -OCH3 is 1. The van der Waals surface area contributed by atoms with Crippen molar-refractivity contribution in [1.29, 1.82) is 0 Å². The highest BCUT2D eigenvalue weighted by molar-refractivity contribution is 7.14. The Labute approximate surface area is 217 Å². The number of hydrogen-bond acceptors (Lipinski definition) is 6.